The first-order valence-corrected chi connectivity index (χ1v) is 0. The molecule has 48 valence electrons. The van der Waals surface area contributed by atoms with Crippen LogP contribution in [0.15, 0.2) is 0 Å². The summed E-state index contributed by atoms with van der Waals surface area (Å²) in [6, 6.07) is 0. The summed E-state index contributed by atoms with van der Waals surface area (Å²) in [5.74, 6) is 0. The van der Waals surface area contributed by atoms with Crippen LogP contribution in [-0.2, 0) is 0 Å². The van der Waals surface area contributed by atoms with Gasteiger partial charge in [0.05, 0.1) is 0 Å². The van der Waals surface area contributed by atoms with Gasteiger partial charge in [0.25, 0.3) is 0 Å². The monoisotopic (exact) mass is 170 g/mol. The molecule has 0 aromatic rings. The van der Waals surface area contributed by atoms with Crippen LogP contribution >= 0.6 is 17.0 Å². The second kappa shape index (κ2) is 1230. The highest BCUT2D eigenvalue weighted by molar-refractivity contribution is 8.93. The third-order valence-electron chi connectivity index (χ3n) is 0. The van der Waals surface area contributed by atoms with Gasteiger partial charge in [-0.1, -0.05) is 0 Å². The zero-order valence-electron chi connectivity index (χ0n) is 2.91. The van der Waals surface area contributed by atoms with E-state index in [1.165, 1.54) is 0 Å². The normalized spacial score (nSPS) is 0. The van der Waals surface area contributed by atoms with E-state index in [9.17, 15) is 0 Å². The molecule has 0 fully saturated rings. The minimum atomic E-state index is 0. The minimum absolute atomic E-state index is 0. The Hall–Kier alpha value is 0.280. The van der Waals surface area contributed by atoms with E-state index in [1.807, 2.05) is 0 Å². The highest BCUT2D eigenvalue weighted by Gasteiger charge is -0.114. The molecule has 0 bridgehead atoms. The van der Waals surface area contributed by atoms with E-state index in [0.717, 1.165) is 0 Å². The molecule has 0 saturated heterocycles. The third-order valence-corrected chi connectivity index (χ3v) is 0. The molecular formula is H11BrO5. The lowest BCUT2D eigenvalue weighted by molar-refractivity contribution is 0.823. The van der Waals surface area contributed by atoms with Crippen molar-refractivity contribution in [2.45, 2.75) is 0 Å². The molecule has 0 spiro atoms. The van der Waals surface area contributed by atoms with Gasteiger partial charge in [0.2, 0.25) is 0 Å². The maximum Gasteiger partial charge on any atom is -0.114 e. The summed E-state index contributed by atoms with van der Waals surface area (Å²) in [6.07, 6.45) is 0. The lowest BCUT2D eigenvalue weighted by atomic mass is 16.0. The van der Waals surface area contributed by atoms with E-state index >= 15 is 0 Å². The molecule has 0 saturated carbocycles. The van der Waals surface area contributed by atoms with Gasteiger partial charge in [0.1, 0.15) is 0 Å². The van der Waals surface area contributed by atoms with E-state index in [4.69, 9.17) is 0 Å². The second-order valence-corrected chi connectivity index (χ2v) is 0. The first-order valence-electron chi connectivity index (χ1n) is 0. The lowest BCUT2D eigenvalue weighted by Gasteiger charge is -0.413. The second-order valence-electron chi connectivity index (χ2n) is 0. The first-order chi connectivity index (χ1) is 0. The Bertz CT molecular complexity index is 3.90. The number of hydrogen-bond donors (Lipinski definition) is 0. The number of rotatable bonds is 0. The van der Waals surface area contributed by atoms with E-state index < -0.39 is 0 Å². The van der Waals surface area contributed by atoms with Gasteiger partial charge in [-0.3, -0.25) is 0 Å². The topological polar surface area (TPSA) is 158 Å². The van der Waals surface area contributed by atoms with Crippen molar-refractivity contribution in [3.63, 3.8) is 0 Å². The van der Waals surface area contributed by atoms with Gasteiger partial charge in [-0.15, -0.1) is 17.0 Å². The Morgan fingerprint density at radius 3 is 0.333 bits per heavy atom. The zero-order valence-corrected chi connectivity index (χ0v) is 4.62. The molecule has 0 atom stereocenters. The summed E-state index contributed by atoms with van der Waals surface area (Å²) in [7, 11) is 0. The summed E-state index contributed by atoms with van der Waals surface area (Å²) in [4.78, 5) is 0. The van der Waals surface area contributed by atoms with Crippen LogP contribution in [0.1, 0.15) is 0 Å². The molecule has 0 aliphatic heterocycles. The standard InChI is InChI=1S/BrH.5H2O/h1H;5*1H2. The van der Waals surface area contributed by atoms with Crippen LogP contribution in [0.5, 0.6) is 0 Å². The summed E-state index contributed by atoms with van der Waals surface area (Å²) in [5.41, 5.74) is 0. The van der Waals surface area contributed by atoms with Crippen LogP contribution in [0.3, 0.4) is 0 Å². The average Bonchev–Trinajstić information content (AvgIpc) is 0. The van der Waals surface area contributed by atoms with Gasteiger partial charge in [-0.2, -0.15) is 0 Å². The molecule has 0 heterocycles. The Kier molecular flexibility index (Phi) is 459000. The molecule has 0 radical (unpaired) electrons. The molecule has 0 aromatic heterocycles. The highest BCUT2D eigenvalue weighted by Crippen LogP contribution is 0.846. The van der Waals surface area contributed by atoms with Gasteiger partial charge in [0, 0.05) is 0 Å². The third kappa shape index (κ3) is 587. The quantitative estimate of drug-likeness (QED) is 0.353. The van der Waals surface area contributed by atoms with Crippen molar-refractivity contribution < 1.29 is 27.4 Å². The maximum atomic E-state index is 0. The predicted molar refractivity (Wildman–Crippen MR) is 28.4 cm³/mol. The number of hydrogen-bond acceptors (Lipinski definition) is 0. The number of halogens is 1. The Morgan fingerprint density at radius 2 is 0.333 bits per heavy atom. The first kappa shape index (κ1) is 2230. The summed E-state index contributed by atoms with van der Waals surface area (Å²) in [5, 5.41) is 0. The van der Waals surface area contributed by atoms with Crippen LogP contribution < -0.4 is 0 Å². The molecule has 0 aliphatic carbocycles. The average molecular weight is 171 g/mol. The van der Waals surface area contributed by atoms with Gasteiger partial charge in [-0.25, -0.2) is 0 Å². The van der Waals surface area contributed by atoms with Crippen molar-refractivity contribution in [2.75, 3.05) is 0 Å². The van der Waals surface area contributed by atoms with E-state index in [0.29, 0.717) is 0 Å². The smallest absolute Gasteiger partial charge is 0.114 e. The van der Waals surface area contributed by atoms with Crippen molar-refractivity contribution in [1.29, 1.82) is 0 Å². The van der Waals surface area contributed by atoms with Crippen LogP contribution in [0.25, 0.3) is 0 Å². The fourth-order valence-corrected chi connectivity index (χ4v) is 0. The highest BCUT2D eigenvalue weighted by atomic mass is 79.9. The molecule has 0 amide bonds. The predicted octanol–water partition coefficient (Wildman–Crippen LogP) is -3.55. The van der Waals surface area contributed by atoms with E-state index in [1.54, 1.807) is 0 Å². The SMILES string of the molecule is Br.O.O.O.O.O. The van der Waals surface area contributed by atoms with Gasteiger partial charge in [0.15, 0.2) is 0 Å². The molecule has 5 nitrogen and oxygen atoms in total. The van der Waals surface area contributed by atoms with Gasteiger partial charge < -0.3 is 27.4 Å². The maximum absolute atomic E-state index is 0. The van der Waals surface area contributed by atoms with Crippen molar-refractivity contribution in [3.05, 3.63) is 0 Å². The van der Waals surface area contributed by atoms with Crippen LogP contribution in [0.4, 0.5) is 0 Å². The summed E-state index contributed by atoms with van der Waals surface area (Å²) in [6.45, 7) is 0. The van der Waals surface area contributed by atoms with Gasteiger partial charge >= 0.3 is 0 Å². The summed E-state index contributed by atoms with van der Waals surface area (Å²) >= 11 is 0. The minimum Gasteiger partial charge on any atom is -0.412 e. The lowest BCUT2D eigenvalue weighted by Crippen LogP contribution is -0.290. The molecule has 10 N–H and O–H groups in total. The molecule has 0 unspecified atom stereocenters. The Balaban J connectivity index is 0. The fourth-order valence-electron chi connectivity index (χ4n) is 0. The largest absolute Gasteiger partial charge is 0.412 e. The molecular weight excluding hydrogens is 160 g/mol. The van der Waals surface area contributed by atoms with Crippen molar-refractivity contribution in [1.82, 2.24) is 0 Å². The van der Waals surface area contributed by atoms with E-state index in [-0.39, 0.29) is 44.4 Å². The van der Waals surface area contributed by atoms with E-state index in [2.05, 4.69) is 0 Å². The molecule has 0 aromatic carbocycles. The Morgan fingerprint density at radius 1 is 0.333 bits per heavy atom. The van der Waals surface area contributed by atoms with Crippen LogP contribution in [0, 0.1) is 0 Å². The molecule has 0 aliphatic rings. The van der Waals surface area contributed by atoms with Crippen molar-refractivity contribution >= 4 is 17.0 Å². The molecule has 6 heteroatoms. The molecule has 0 rings (SSSR count). The van der Waals surface area contributed by atoms with Crippen molar-refractivity contribution in [3.8, 4) is 0 Å². The van der Waals surface area contributed by atoms with Crippen LogP contribution in [-0.4, -0.2) is 27.4 Å². The van der Waals surface area contributed by atoms with Gasteiger partial charge in [-0.05, 0) is 0 Å². The van der Waals surface area contributed by atoms with Crippen LogP contribution in [0.2, 0.25) is 0 Å². The Labute approximate surface area is 45.3 Å². The molecule has 6 heavy (non-hydrogen) atoms. The zero-order chi connectivity index (χ0) is 0. The summed E-state index contributed by atoms with van der Waals surface area (Å²) < 4.78 is 0. The van der Waals surface area contributed by atoms with Crippen molar-refractivity contribution in [2.24, 2.45) is 0 Å². The fraction of sp³-hybridized carbons (Fsp3) is 0.